The van der Waals surface area contributed by atoms with Gasteiger partial charge in [0.25, 0.3) is 0 Å². The normalized spacial score (nSPS) is 15.6. The van der Waals surface area contributed by atoms with Crippen molar-refractivity contribution < 1.29 is 14.3 Å². The summed E-state index contributed by atoms with van der Waals surface area (Å²) in [4.78, 5) is 17.9. The van der Waals surface area contributed by atoms with Gasteiger partial charge in [-0.2, -0.15) is 0 Å². The number of rotatable bonds is 3. The quantitative estimate of drug-likeness (QED) is 0.797. The molecule has 1 aromatic carbocycles. The lowest BCUT2D eigenvalue weighted by atomic mass is 9.91. The van der Waals surface area contributed by atoms with Crippen molar-refractivity contribution in [2.45, 2.75) is 51.9 Å². The monoisotopic (exact) mass is 391 g/mol. The average molecular weight is 392 g/mol. The van der Waals surface area contributed by atoms with E-state index in [0.29, 0.717) is 24.0 Å². The third kappa shape index (κ3) is 4.45. The van der Waals surface area contributed by atoms with Crippen LogP contribution < -0.4 is 10.5 Å². The second-order valence-electron chi connectivity index (χ2n) is 8.51. The number of fused-ring (bicyclic) bond motifs is 1. The molecule has 0 aliphatic carbocycles. The standard InChI is InChI=1S/C20H26ClN3O3/c1-19(2,3)27-18(25)24-10-12(11-24)26-16-7-6-15(20(4,5)22)13-8-17(21)23-9-14(13)16/h6-9,12H,10-11,22H2,1-5H3. The van der Waals surface area contributed by atoms with Gasteiger partial charge in [-0.3, -0.25) is 0 Å². The largest absolute Gasteiger partial charge is 0.486 e. The highest BCUT2D eigenvalue weighted by Crippen LogP contribution is 2.35. The first-order valence-corrected chi connectivity index (χ1v) is 9.34. The molecular weight excluding hydrogens is 366 g/mol. The van der Waals surface area contributed by atoms with E-state index in [1.54, 1.807) is 11.1 Å². The van der Waals surface area contributed by atoms with Crippen LogP contribution in [0.25, 0.3) is 10.8 Å². The molecule has 1 amide bonds. The fourth-order valence-electron chi connectivity index (χ4n) is 3.02. The van der Waals surface area contributed by atoms with E-state index in [4.69, 9.17) is 26.8 Å². The van der Waals surface area contributed by atoms with Crippen molar-refractivity contribution in [2.24, 2.45) is 5.73 Å². The van der Waals surface area contributed by atoms with Crippen LogP contribution in [0.15, 0.2) is 24.4 Å². The summed E-state index contributed by atoms with van der Waals surface area (Å²) in [7, 11) is 0. The van der Waals surface area contributed by atoms with Crippen molar-refractivity contribution in [3.63, 3.8) is 0 Å². The molecule has 2 N–H and O–H groups in total. The van der Waals surface area contributed by atoms with Gasteiger partial charge in [-0.25, -0.2) is 9.78 Å². The first-order chi connectivity index (χ1) is 12.4. The highest BCUT2D eigenvalue weighted by molar-refractivity contribution is 6.30. The molecule has 1 saturated heterocycles. The van der Waals surface area contributed by atoms with Gasteiger partial charge in [0.1, 0.15) is 22.6 Å². The minimum Gasteiger partial charge on any atom is -0.486 e. The van der Waals surface area contributed by atoms with Gasteiger partial charge < -0.3 is 20.1 Å². The Morgan fingerprint density at radius 1 is 1.22 bits per heavy atom. The SMILES string of the molecule is CC(C)(C)OC(=O)N1CC(Oc2ccc(C(C)(C)N)c3cc(Cl)ncc23)C1. The van der Waals surface area contributed by atoms with Gasteiger partial charge in [0, 0.05) is 17.1 Å². The zero-order valence-electron chi connectivity index (χ0n) is 16.4. The number of carbonyl (C=O) groups excluding carboxylic acids is 1. The summed E-state index contributed by atoms with van der Waals surface area (Å²) in [5.41, 5.74) is 6.24. The molecule has 146 valence electrons. The van der Waals surface area contributed by atoms with Gasteiger partial charge in [-0.05, 0) is 57.7 Å². The first kappa shape index (κ1) is 19.7. The van der Waals surface area contributed by atoms with Crippen LogP contribution in [0, 0.1) is 0 Å². The molecule has 1 aromatic heterocycles. The molecule has 3 rings (SSSR count). The van der Waals surface area contributed by atoms with Gasteiger partial charge in [0.15, 0.2) is 0 Å². The number of nitrogens with two attached hydrogens (primary N) is 1. The fourth-order valence-corrected chi connectivity index (χ4v) is 3.18. The average Bonchev–Trinajstić information content (AvgIpc) is 2.46. The van der Waals surface area contributed by atoms with E-state index < -0.39 is 11.1 Å². The zero-order chi connectivity index (χ0) is 20.0. The maximum absolute atomic E-state index is 12.1. The lowest BCUT2D eigenvalue weighted by Crippen LogP contribution is -2.57. The van der Waals surface area contributed by atoms with Crippen molar-refractivity contribution in [3.05, 3.63) is 35.1 Å². The number of nitrogens with zero attached hydrogens (tertiary/aromatic N) is 2. The summed E-state index contributed by atoms with van der Waals surface area (Å²) >= 11 is 6.09. The minimum atomic E-state index is -0.522. The number of aromatic nitrogens is 1. The molecule has 0 spiro atoms. The maximum atomic E-state index is 12.1. The van der Waals surface area contributed by atoms with Crippen LogP contribution in [0.1, 0.15) is 40.2 Å². The second kappa shape index (κ2) is 6.84. The zero-order valence-corrected chi connectivity index (χ0v) is 17.1. The number of hydrogen-bond donors (Lipinski definition) is 1. The summed E-state index contributed by atoms with van der Waals surface area (Å²) in [6.07, 6.45) is 1.29. The van der Waals surface area contributed by atoms with Crippen molar-refractivity contribution >= 4 is 28.5 Å². The lowest BCUT2D eigenvalue weighted by Gasteiger charge is -2.39. The Kier molecular flexibility index (Phi) is 4.99. The Morgan fingerprint density at radius 3 is 2.48 bits per heavy atom. The second-order valence-corrected chi connectivity index (χ2v) is 8.90. The molecule has 27 heavy (non-hydrogen) atoms. The van der Waals surface area contributed by atoms with E-state index in [-0.39, 0.29) is 12.2 Å². The van der Waals surface area contributed by atoms with Crippen LogP contribution in [0.3, 0.4) is 0 Å². The van der Waals surface area contributed by atoms with Gasteiger partial charge >= 0.3 is 6.09 Å². The number of amides is 1. The van der Waals surface area contributed by atoms with E-state index in [2.05, 4.69) is 4.98 Å². The minimum absolute atomic E-state index is 0.0897. The van der Waals surface area contributed by atoms with Crippen LogP contribution in [0.2, 0.25) is 5.15 Å². The molecular formula is C20H26ClN3O3. The molecule has 0 saturated carbocycles. The molecule has 6 nitrogen and oxygen atoms in total. The van der Waals surface area contributed by atoms with Crippen molar-refractivity contribution in [2.75, 3.05) is 13.1 Å². The summed E-state index contributed by atoms with van der Waals surface area (Å²) in [5.74, 6) is 0.705. The number of likely N-dealkylation sites (tertiary alicyclic amines) is 1. The Bertz CT molecular complexity index is 865. The number of pyridine rings is 1. The molecule has 2 heterocycles. The Balaban J connectivity index is 1.77. The summed E-state index contributed by atoms with van der Waals surface area (Å²) in [5, 5.41) is 2.18. The fraction of sp³-hybridized carbons (Fsp3) is 0.500. The van der Waals surface area contributed by atoms with E-state index in [1.165, 1.54) is 0 Å². The third-order valence-electron chi connectivity index (χ3n) is 4.32. The van der Waals surface area contributed by atoms with Crippen LogP contribution in [-0.4, -0.2) is 40.8 Å². The maximum Gasteiger partial charge on any atom is 0.410 e. The molecule has 2 aromatic rings. The number of halogens is 1. The molecule has 0 atom stereocenters. The lowest BCUT2D eigenvalue weighted by molar-refractivity contribution is -0.0217. The Hall–Kier alpha value is -2.05. The van der Waals surface area contributed by atoms with E-state index >= 15 is 0 Å². The van der Waals surface area contributed by atoms with Gasteiger partial charge in [-0.15, -0.1) is 0 Å². The highest BCUT2D eigenvalue weighted by Gasteiger charge is 2.35. The van der Waals surface area contributed by atoms with Gasteiger partial charge in [0.2, 0.25) is 0 Å². The summed E-state index contributed by atoms with van der Waals surface area (Å²) in [6.45, 7) is 10.4. The summed E-state index contributed by atoms with van der Waals surface area (Å²) < 4.78 is 11.5. The van der Waals surface area contributed by atoms with Gasteiger partial charge in [-0.1, -0.05) is 17.7 Å². The number of carbonyl (C=O) groups is 1. The Morgan fingerprint density at radius 2 is 1.89 bits per heavy atom. The van der Waals surface area contributed by atoms with Crippen LogP contribution in [-0.2, 0) is 10.3 Å². The smallest absolute Gasteiger partial charge is 0.410 e. The van der Waals surface area contributed by atoms with Crippen molar-refractivity contribution in [1.82, 2.24) is 9.88 Å². The topological polar surface area (TPSA) is 77.7 Å². The van der Waals surface area contributed by atoms with E-state index in [0.717, 1.165) is 16.3 Å². The summed E-state index contributed by atoms with van der Waals surface area (Å²) in [6, 6.07) is 5.66. The molecule has 0 bridgehead atoms. The first-order valence-electron chi connectivity index (χ1n) is 8.96. The third-order valence-corrected chi connectivity index (χ3v) is 4.52. The number of benzene rings is 1. The molecule has 0 unspecified atom stereocenters. The van der Waals surface area contributed by atoms with Crippen LogP contribution >= 0.6 is 11.6 Å². The van der Waals surface area contributed by atoms with Crippen molar-refractivity contribution in [3.8, 4) is 5.75 Å². The van der Waals surface area contributed by atoms with Crippen LogP contribution in [0.4, 0.5) is 4.79 Å². The molecule has 1 aliphatic rings. The number of hydrogen-bond acceptors (Lipinski definition) is 5. The predicted molar refractivity (Wildman–Crippen MR) is 106 cm³/mol. The predicted octanol–water partition coefficient (Wildman–Crippen LogP) is 4.08. The van der Waals surface area contributed by atoms with E-state index in [1.807, 2.05) is 52.8 Å². The highest BCUT2D eigenvalue weighted by atomic mass is 35.5. The van der Waals surface area contributed by atoms with Crippen LogP contribution in [0.5, 0.6) is 5.75 Å². The molecule has 1 aliphatic heterocycles. The number of ether oxygens (including phenoxy) is 2. The van der Waals surface area contributed by atoms with Crippen molar-refractivity contribution in [1.29, 1.82) is 0 Å². The van der Waals surface area contributed by atoms with E-state index in [9.17, 15) is 4.79 Å². The molecule has 1 fully saturated rings. The molecule has 0 radical (unpaired) electrons. The molecule has 7 heteroatoms. The van der Waals surface area contributed by atoms with Gasteiger partial charge in [0.05, 0.1) is 13.1 Å². The Labute approximate surface area is 164 Å².